The maximum atomic E-state index is 9.40. The van der Waals surface area contributed by atoms with Crippen LogP contribution in [0.5, 0.6) is 0 Å². The predicted molar refractivity (Wildman–Crippen MR) is 156 cm³/mol. The van der Waals surface area contributed by atoms with Gasteiger partial charge < -0.3 is 84.5 Å². The predicted octanol–water partition coefficient (Wildman–Crippen LogP) is -17.7. The van der Waals surface area contributed by atoms with Crippen molar-refractivity contribution in [2.75, 3.05) is 163 Å². The summed E-state index contributed by atoms with van der Waals surface area (Å²) in [7, 11) is 12.1. The number of methoxy groups -OCH3 is 8. The van der Waals surface area contributed by atoms with Crippen LogP contribution in [0.4, 0.5) is 0 Å². The van der Waals surface area contributed by atoms with Gasteiger partial charge in [-0.1, -0.05) is 0 Å². The standard InChI is InChI=1S/8C3H7O2.3Al.3Li.4H/c8*1-5-3-2-4;;;;;;;;;;/h8*2-3H2,1H3;;;;;;;;;;/q8*-1;3*+3;3*+1;4*-1. The third-order valence-corrected chi connectivity index (χ3v) is 2.30. The molecule has 0 spiro atoms. The van der Waals surface area contributed by atoms with Crippen LogP contribution >= 0.6 is 0 Å². The van der Waals surface area contributed by atoms with Gasteiger partial charge in [-0.25, -0.2) is 0 Å². The Morgan fingerprint density at radius 3 is 0.326 bits per heavy atom. The zero-order chi connectivity index (χ0) is 33.0. The fourth-order valence-electron chi connectivity index (χ4n) is 0.667. The second-order valence-electron chi connectivity index (χ2n) is 5.58. The zero-order valence-electron chi connectivity index (χ0n) is 34.6. The first kappa shape index (κ1) is 92.0. The average Bonchev–Trinajstić information content (AvgIpc) is 2.95. The van der Waals surface area contributed by atoms with Crippen LogP contribution in [-0.4, -0.2) is 215 Å². The number of hydrogen-bond donors (Lipinski definition) is 0. The minimum Gasteiger partial charge on any atom is -1.00 e. The number of hydrogen-bond acceptors (Lipinski definition) is 16. The van der Waals surface area contributed by atoms with E-state index in [1.807, 2.05) is 0 Å². The molecule has 0 rings (SSSR count). The summed E-state index contributed by atoms with van der Waals surface area (Å²) in [4.78, 5) is 0. The van der Waals surface area contributed by atoms with E-state index < -0.39 is 0 Å². The van der Waals surface area contributed by atoms with Crippen LogP contribution < -0.4 is 97.4 Å². The van der Waals surface area contributed by atoms with Gasteiger partial charge in [0.05, 0.1) is 0 Å². The monoisotopic (exact) mass is 706 g/mol. The molecule has 0 heterocycles. The summed E-state index contributed by atoms with van der Waals surface area (Å²) in [5.74, 6) is 0. The summed E-state index contributed by atoms with van der Waals surface area (Å²) >= 11 is 0. The summed E-state index contributed by atoms with van der Waals surface area (Å²) < 4.78 is 35.0. The molecule has 0 amide bonds. The van der Waals surface area contributed by atoms with Gasteiger partial charge in [-0.15, -0.1) is 52.9 Å². The van der Waals surface area contributed by atoms with Gasteiger partial charge in [-0.3, -0.25) is 0 Å². The Balaban J connectivity index is -0.0000000142. The molecule has 0 aliphatic heterocycles. The normalized spacial score (nSPS) is 7.30. The molecule has 0 fully saturated rings. The molecule has 0 aromatic heterocycles. The van der Waals surface area contributed by atoms with Crippen molar-refractivity contribution in [2.45, 2.75) is 0 Å². The van der Waals surface area contributed by atoms with Crippen molar-refractivity contribution in [3.8, 4) is 0 Å². The van der Waals surface area contributed by atoms with Crippen molar-refractivity contribution in [1.29, 1.82) is 0 Å². The molecular formula is C24H60Al3Li3O16. The molecule has 46 heavy (non-hydrogen) atoms. The number of ether oxygens (including phenoxy) is 8. The molecule has 22 heteroatoms. The Morgan fingerprint density at radius 2 is 0.326 bits per heavy atom. The van der Waals surface area contributed by atoms with Gasteiger partial charge in [0.2, 0.25) is 0 Å². The molecule has 0 aromatic rings. The first-order valence-electron chi connectivity index (χ1n) is 11.9. The van der Waals surface area contributed by atoms with Gasteiger partial charge >= 0.3 is 109 Å². The van der Waals surface area contributed by atoms with Gasteiger partial charge in [-0.2, -0.15) is 0 Å². The molecule has 0 saturated heterocycles. The first-order valence-corrected chi connectivity index (χ1v) is 11.9. The quantitative estimate of drug-likeness (QED) is 0.135. The van der Waals surface area contributed by atoms with Gasteiger partial charge in [-0.05, 0) is 0 Å². The van der Waals surface area contributed by atoms with Gasteiger partial charge in [0.25, 0.3) is 0 Å². The summed E-state index contributed by atoms with van der Waals surface area (Å²) in [6, 6.07) is 0. The van der Waals surface area contributed by atoms with E-state index in [4.69, 9.17) is 0 Å². The van der Waals surface area contributed by atoms with Crippen LogP contribution in [0.25, 0.3) is 0 Å². The molecule has 0 N–H and O–H groups in total. The van der Waals surface area contributed by atoms with Gasteiger partial charge in [0.1, 0.15) is 0 Å². The second kappa shape index (κ2) is 146. The summed E-state index contributed by atoms with van der Waals surface area (Å²) in [5.41, 5.74) is 0. The van der Waals surface area contributed by atoms with E-state index >= 15 is 0 Å². The smallest absolute Gasteiger partial charge is 1.00 e. The van der Waals surface area contributed by atoms with E-state index in [-0.39, 0.29) is 167 Å². The van der Waals surface area contributed by atoms with E-state index in [0.717, 1.165) is 0 Å². The summed E-state index contributed by atoms with van der Waals surface area (Å²) in [6.45, 7) is 1.64. The third kappa shape index (κ3) is 278. The van der Waals surface area contributed by atoms with E-state index in [1.54, 1.807) is 0 Å². The molecule has 0 aromatic carbocycles. The fourth-order valence-corrected chi connectivity index (χ4v) is 0.667. The van der Waals surface area contributed by atoms with Gasteiger partial charge in [0, 0.05) is 110 Å². The molecule has 0 radical (unpaired) electrons. The molecule has 0 bridgehead atoms. The molecular weight excluding hydrogens is 646 g/mol. The maximum absolute atomic E-state index is 9.40. The van der Waals surface area contributed by atoms with Crippen LogP contribution in [0.15, 0.2) is 0 Å². The van der Waals surface area contributed by atoms with E-state index in [9.17, 15) is 40.9 Å². The summed E-state index contributed by atoms with van der Waals surface area (Å²) in [5, 5.41) is 75.2. The Hall–Kier alpha value is 2.75. The van der Waals surface area contributed by atoms with Gasteiger partial charge in [0.15, 0.2) is 0 Å². The Bertz CT molecular complexity index is 223. The molecule has 0 aliphatic carbocycles. The molecule has 264 valence electrons. The van der Waals surface area contributed by atoms with Crippen LogP contribution in [0.2, 0.25) is 0 Å². The zero-order valence-corrected chi connectivity index (χ0v) is 34.0. The Labute approximate surface area is 353 Å². The molecule has 0 atom stereocenters. The minimum absolute atomic E-state index is 0. The topological polar surface area (TPSA) is 258 Å². The SMILES string of the molecule is COCC[O-].COCC[O-].COCC[O-].COCC[O-].COCC[O-].COCC[O-].COCC[O-].COCC[O-].[Al+3].[Al+3].[Al+3].[H-].[H-].[H-].[H-].[Li+].[Li+].[Li+]. The van der Waals surface area contributed by atoms with Crippen LogP contribution in [0.3, 0.4) is 0 Å². The second-order valence-corrected chi connectivity index (χ2v) is 5.58. The van der Waals surface area contributed by atoms with Crippen molar-refractivity contribution in [3.05, 3.63) is 0 Å². The van der Waals surface area contributed by atoms with Crippen LogP contribution in [0.1, 0.15) is 5.71 Å². The minimum atomic E-state index is -0.128. The Morgan fingerprint density at radius 1 is 0.261 bits per heavy atom. The van der Waals surface area contributed by atoms with Crippen molar-refractivity contribution in [1.82, 2.24) is 0 Å². The number of rotatable bonds is 16. The molecule has 0 unspecified atom stereocenters. The van der Waals surface area contributed by atoms with Crippen molar-refractivity contribution >= 4 is 52.1 Å². The fraction of sp³-hybridized carbons (Fsp3) is 1.00. The van der Waals surface area contributed by atoms with E-state index in [2.05, 4.69) is 37.9 Å². The average molecular weight is 706 g/mol. The van der Waals surface area contributed by atoms with Crippen molar-refractivity contribution in [3.63, 3.8) is 0 Å². The largest absolute Gasteiger partial charge is 3.00 e. The van der Waals surface area contributed by atoms with Crippen molar-refractivity contribution < 1.29 is 141 Å². The van der Waals surface area contributed by atoms with Crippen LogP contribution in [0, 0.1) is 0 Å². The first-order chi connectivity index (χ1) is 19.3. The molecule has 16 nitrogen and oxygen atoms in total. The summed E-state index contributed by atoms with van der Waals surface area (Å²) in [6.07, 6.45) is 0. The third-order valence-electron chi connectivity index (χ3n) is 2.30. The van der Waals surface area contributed by atoms with Crippen LogP contribution in [-0.2, 0) is 37.9 Å². The van der Waals surface area contributed by atoms with E-state index in [1.165, 1.54) is 56.9 Å². The van der Waals surface area contributed by atoms with E-state index in [0.29, 0.717) is 52.9 Å². The Kier molecular flexibility index (Phi) is 292. The molecule has 0 saturated carbocycles. The van der Waals surface area contributed by atoms with Crippen molar-refractivity contribution in [2.24, 2.45) is 0 Å². The molecule has 0 aliphatic rings. The maximum Gasteiger partial charge on any atom is 3.00 e.